The van der Waals surface area contributed by atoms with E-state index in [1.54, 1.807) is 48.7 Å². The molecule has 0 radical (unpaired) electrons. The minimum absolute atomic E-state index is 0.135. The quantitative estimate of drug-likeness (QED) is 0.423. The minimum Gasteiger partial charge on any atom is -0.480 e. The number of hydrogen-bond donors (Lipinski definition) is 2. The Morgan fingerprint density at radius 1 is 1.12 bits per heavy atom. The van der Waals surface area contributed by atoms with E-state index in [-0.39, 0.29) is 18.0 Å². The van der Waals surface area contributed by atoms with Crippen LogP contribution < -0.4 is 4.72 Å². The first-order valence-corrected chi connectivity index (χ1v) is 11.7. The summed E-state index contributed by atoms with van der Waals surface area (Å²) in [4.78, 5) is 15.5. The Morgan fingerprint density at radius 3 is 2.61 bits per heavy atom. The molecule has 0 amide bonds. The van der Waals surface area contributed by atoms with E-state index in [2.05, 4.69) is 9.71 Å². The monoisotopic (exact) mass is 467 g/mol. The number of carboxylic acid groups (broad SMARTS) is 1. The summed E-state index contributed by atoms with van der Waals surface area (Å²) in [5.41, 5.74) is 3.47. The summed E-state index contributed by atoms with van der Waals surface area (Å²) in [6.07, 6.45) is 1.53. The summed E-state index contributed by atoms with van der Waals surface area (Å²) >= 11 is 0. The highest BCUT2D eigenvalue weighted by Crippen LogP contribution is 2.30. The van der Waals surface area contributed by atoms with Crippen molar-refractivity contribution in [2.24, 2.45) is 0 Å². The molecule has 0 bridgehead atoms. The molecule has 0 saturated heterocycles. The molecule has 0 atom stereocenters. The van der Waals surface area contributed by atoms with Crippen molar-refractivity contribution in [3.63, 3.8) is 0 Å². The van der Waals surface area contributed by atoms with E-state index in [9.17, 15) is 22.7 Å². The van der Waals surface area contributed by atoms with Crippen molar-refractivity contribution in [3.8, 4) is 0 Å². The smallest absolute Gasteiger partial charge is 0.323 e. The summed E-state index contributed by atoms with van der Waals surface area (Å²) in [6.45, 7) is 3.25. The van der Waals surface area contributed by atoms with Crippen LogP contribution in [0.3, 0.4) is 0 Å². The molecule has 0 fully saturated rings. The number of rotatable bonds is 7. The number of nitrogens with zero attached hydrogens (tertiary/aromatic N) is 2. The zero-order valence-corrected chi connectivity index (χ0v) is 18.9. The van der Waals surface area contributed by atoms with Gasteiger partial charge in [0, 0.05) is 29.2 Å². The van der Waals surface area contributed by atoms with Gasteiger partial charge in [-0.15, -0.1) is 0 Å². The highest BCUT2D eigenvalue weighted by Gasteiger charge is 2.24. The first-order valence-electron chi connectivity index (χ1n) is 10.2. The number of halogens is 1. The van der Waals surface area contributed by atoms with Gasteiger partial charge in [0.2, 0.25) is 0 Å². The molecule has 33 heavy (non-hydrogen) atoms. The molecule has 0 unspecified atom stereocenters. The topological polar surface area (TPSA) is 101 Å². The van der Waals surface area contributed by atoms with E-state index >= 15 is 0 Å². The third kappa shape index (κ3) is 4.45. The molecule has 4 rings (SSSR count). The van der Waals surface area contributed by atoms with Gasteiger partial charge >= 0.3 is 5.97 Å². The molecule has 0 aliphatic rings. The molecule has 2 aromatic heterocycles. The number of hydrogen-bond acceptors (Lipinski definition) is 4. The van der Waals surface area contributed by atoms with Crippen molar-refractivity contribution in [2.45, 2.75) is 31.8 Å². The normalized spacial score (nSPS) is 11.6. The first kappa shape index (κ1) is 22.5. The third-order valence-electron chi connectivity index (χ3n) is 5.57. The van der Waals surface area contributed by atoms with E-state index in [0.717, 1.165) is 5.56 Å². The van der Waals surface area contributed by atoms with Crippen LogP contribution in [0.4, 0.5) is 10.1 Å². The predicted octanol–water partition coefficient (Wildman–Crippen LogP) is 4.27. The largest absolute Gasteiger partial charge is 0.480 e. The maximum Gasteiger partial charge on any atom is 0.323 e. The average molecular weight is 468 g/mol. The Kier molecular flexibility index (Phi) is 5.90. The van der Waals surface area contributed by atoms with E-state index in [1.165, 1.54) is 24.4 Å². The van der Waals surface area contributed by atoms with Gasteiger partial charge in [-0.05, 0) is 60.9 Å². The van der Waals surface area contributed by atoms with E-state index in [1.807, 2.05) is 6.07 Å². The van der Waals surface area contributed by atoms with Gasteiger partial charge in [0.25, 0.3) is 10.0 Å². The molecule has 2 aromatic carbocycles. The number of carbonyl (C=O) groups is 1. The first-order chi connectivity index (χ1) is 15.7. The van der Waals surface area contributed by atoms with Crippen LogP contribution in [0.5, 0.6) is 0 Å². The average Bonchev–Trinajstić information content (AvgIpc) is 3.00. The molecular weight excluding hydrogens is 445 g/mol. The molecule has 4 aromatic rings. The molecule has 2 heterocycles. The lowest BCUT2D eigenvalue weighted by Crippen LogP contribution is -2.17. The standard InChI is InChI=1S/C24H22FN3O4S/c1-15-6-3-4-8-21(15)27-33(31,32)24-17(7-5-11-26-24)12-19-16(2)28(14-23(29)30)22-10-9-18(25)13-20(19)22/h3-11,13,27H,12,14H2,1-2H3,(H,29,30). The molecule has 0 saturated carbocycles. The number of para-hydroxylation sites is 1. The maximum absolute atomic E-state index is 14.1. The Hall–Kier alpha value is -3.72. The number of aromatic nitrogens is 2. The summed E-state index contributed by atoms with van der Waals surface area (Å²) in [7, 11) is -4.01. The second kappa shape index (κ2) is 8.67. The van der Waals surface area contributed by atoms with Crippen molar-refractivity contribution >= 4 is 32.6 Å². The number of nitrogens with one attached hydrogen (secondary N) is 1. The van der Waals surface area contributed by atoms with Gasteiger partial charge in [-0.3, -0.25) is 9.52 Å². The molecule has 2 N–H and O–H groups in total. The number of fused-ring (bicyclic) bond motifs is 1. The van der Waals surface area contributed by atoms with E-state index in [4.69, 9.17) is 0 Å². The molecular formula is C24H22FN3O4S. The number of sulfonamides is 1. The Bertz CT molecular complexity index is 1480. The summed E-state index contributed by atoms with van der Waals surface area (Å²) < 4.78 is 44.6. The van der Waals surface area contributed by atoms with E-state index in [0.29, 0.717) is 33.4 Å². The van der Waals surface area contributed by atoms with Crippen molar-refractivity contribution in [3.05, 3.63) is 89.0 Å². The van der Waals surface area contributed by atoms with Crippen molar-refractivity contribution < 1.29 is 22.7 Å². The fourth-order valence-electron chi connectivity index (χ4n) is 3.96. The van der Waals surface area contributed by atoms with Crippen LogP contribution in [-0.2, 0) is 27.8 Å². The van der Waals surface area contributed by atoms with Crippen LogP contribution in [0.25, 0.3) is 10.9 Å². The van der Waals surface area contributed by atoms with Crippen LogP contribution in [0.2, 0.25) is 0 Å². The fourth-order valence-corrected chi connectivity index (χ4v) is 5.26. The second-order valence-corrected chi connectivity index (χ2v) is 9.37. The second-order valence-electron chi connectivity index (χ2n) is 7.77. The van der Waals surface area contributed by atoms with Crippen molar-refractivity contribution in [1.29, 1.82) is 0 Å². The molecule has 7 nitrogen and oxygen atoms in total. The molecule has 0 aliphatic carbocycles. The van der Waals surface area contributed by atoms with Gasteiger partial charge < -0.3 is 9.67 Å². The molecule has 0 spiro atoms. The van der Waals surface area contributed by atoms with Crippen molar-refractivity contribution in [2.75, 3.05) is 4.72 Å². The number of carboxylic acids is 1. The van der Waals surface area contributed by atoms with Gasteiger partial charge in [0.05, 0.1) is 5.69 Å². The van der Waals surface area contributed by atoms with Gasteiger partial charge in [-0.2, -0.15) is 8.42 Å². The lowest BCUT2D eigenvalue weighted by atomic mass is 10.0. The minimum atomic E-state index is -4.01. The zero-order chi connectivity index (χ0) is 23.8. The Balaban J connectivity index is 1.81. The van der Waals surface area contributed by atoms with Crippen LogP contribution in [0, 0.1) is 19.7 Å². The number of benzene rings is 2. The van der Waals surface area contributed by atoms with Gasteiger partial charge in [-0.25, -0.2) is 9.37 Å². The van der Waals surface area contributed by atoms with Crippen LogP contribution in [-0.4, -0.2) is 29.0 Å². The summed E-state index contributed by atoms with van der Waals surface area (Å²) in [5, 5.41) is 9.72. The lowest BCUT2D eigenvalue weighted by molar-refractivity contribution is -0.137. The van der Waals surface area contributed by atoms with Gasteiger partial charge in [0.1, 0.15) is 12.4 Å². The molecule has 9 heteroatoms. The summed E-state index contributed by atoms with van der Waals surface area (Å²) in [5.74, 6) is -1.49. The highest BCUT2D eigenvalue weighted by molar-refractivity contribution is 7.92. The van der Waals surface area contributed by atoms with Gasteiger partial charge in [0.15, 0.2) is 5.03 Å². The molecule has 170 valence electrons. The number of pyridine rings is 1. The fraction of sp³-hybridized carbons (Fsp3) is 0.167. The van der Waals surface area contributed by atoms with E-state index < -0.39 is 21.8 Å². The number of aryl methyl sites for hydroxylation is 1. The third-order valence-corrected chi connectivity index (χ3v) is 6.94. The predicted molar refractivity (Wildman–Crippen MR) is 123 cm³/mol. The number of anilines is 1. The van der Waals surface area contributed by atoms with Crippen LogP contribution in [0.1, 0.15) is 22.4 Å². The Morgan fingerprint density at radius 2 is 1.88 bits per heavy atom. The van der Waals surface area contributed by atoms with Crippen LogP contribution in [0.15, 0.2) is 65.8 Å². The van der Waals surface area contributed by atoms with Gasteiger partial charge in [-0.1, -0.05) is 24.3 Å². The summed E-state index contributed by atoms with van der Waals surface area (Å²) in [6, 6.07) is 14.4. The van der Waals surface area contributed by atoms with Crippen LogP contribution >= 0.6 is 0 Å². The SMILES string of the molecule is Cc1ccccc1NS(=O)(=O)c1ncccc1Cc1c(C)n(CC(=O)O)c2ccc(F)cc12. The lowest BCUT2D eigenvalue weighted by Gasteiger charge is -2.13. The highest BCUT2D eigenvalue weighted by atomic mass is 32.2. The maximum atomic E-state index is 14.1. The van der Waals surface area contributed by atoms with Crippen molar-refractivity contribution in [1.82, 2.24) is 9.55 Å². The number of aliphatic carboxylic acids is 1. The molecule has 0 aliphatic heterocycles. The zero-order valence-electron chi connectivity index (χ0n) is 18.0. The Labute approximate surface area is 190 Å².